The number of allylic oxidation sites excluding steroid dienone is 1. The van der Waals surface area contributed by atoms with E-state index >= 15 is 0 Å². The van der Waals surface area contributed by atoms with Crippen molar-refractivity contribution in [3.63, 3.8) is 0 Å². The van der Waals surface area contributed by atoms with Crippen LogP contribution >= 0.6 is 34.0 Å². The number of thiophene rings is 2. The molecule has 1 atom stereocenters. The van der Waals surface area contributed by atoms with Gasteiger partial charge in [0, 0.05) is 15.4 Å². The molecule has 8 heteroatoms. The highest BCUT2D eigenvalue weighted by Gasteiger charge is 2.33. The van der Waals surface area contributed by atoms with Gasteiger partial charge in [-0.2, -0.15) is 0 Å². The molecule has 0 saturated carbocycles. The molecule has 154 valence electrons. The van der Waals surface area contributed by atoms with E-state index in [2.05, 4.69) is 10.3 Å². The van der Waals surface area contributed by atoms with Gasteiger partial charge in [0.25, 0.3) is 11.5 Å². The highest BCUT2D eigenvalue weighted by Crippen LogP contribution is 2.33. The lowest BCUT2D eigenvalue weighted by Gasteiger charge is -2.24. The zero-order valence-electron chi connectivity index (χ0n) is 16.4. The van der Waals surface area contributed by atoms with Crippen molar-refractivity contribution in [3.8, 4) is 0 Å². The predicted octanol–water partition coefficient (Wildman–Crippen LogP) is 4.00. The van der Waals surface area contributed by atoms with E-state index in [1.807, 2.05) is 78.4 Å². The Morgan fingerprint density at radius 1 is 1.06 bits per heavy atom. The van der Waals surface area contributed by atoms with Crippen molar-refractivity contribution in [1.29, 1.82) is 0 Å². The first-order valence-electron chi connectivity index (χ1n) is 9.57. The Bertz CT molecular complexity index is 1440. The molecule has 0 bridgehead atoms. The number of amides is 1. The molecule has 3 aromatic heterocycles. The summed E-state index contributed by atoms with van der Waals surface area (Å²) in [6, 6.07) is 16.6. The van der Waals surface area contributed by atoms with Crippen molar-refractivity contribution in [1.82, 2.24) is 4.57 Å². The second kappa shape index (κ2) is 8.22. The third-order valence-electron chi connectivity index (χ3n) is 4.93. The topological polar surface area (TPSA) is 63.5 Å². The smallest absolute Gasteiger partial charge is 0.271 e. The molecule has 1 aromatic carbocycles. The van der Waals surface area contributed by atoms with Crippen LogP contribution in [0, 0.1) is 0 Å². The first-order valence-corrected chi connectivity index (χ1v) is 12.2. The minimum absolute atomic E-state index is 0.131. The van der Waals surface area contributed by atoms with Crippen LogP contribution < -0.4 is 20.2 Å². The Morgan fingerprint density at radius 2 is 1.84 bits per heavy atom. The third kappa shape index (κ3) is 3.74. The summed E-state index contributed by atoms with van der Waals surface area (Å²) in [6.45, 7) is 1.83. The number of hydrogen-bond acceptors (Lipinski definition) is 6. The highest BCUT2D eigenvalue weighted by atomic mass is 32.1. The van der Waals surface area contributed by atoms with E-state index in [0.29, 0.717) is 26.3 Å². The van der Waals surface area contributed by atoms with E-state index in [1.165, 1.54) is 22.7 Å². The summed E-state index contributed by atoms with van der Waals surface area (Å²) in [5.41, 5.74) is 1.68. The number of para-hydroxylation sites is 1. The lowest BCUT2D eigenvalue weighted by Crippen LogP contribution is -2.40. The van der Waals surface area contributed by atoms with Crippen molar-refractivity contribution < 1.29 is 4.79 Å². The van der Waals surface area contributed by atoms with Crippen LogP contribution in [0.25, 0.3) is 6.08 Å². The van der Waals surface area contributed by atoms with Gasteiger partial charge in [-0.1, -0.05) is 41.7 Å². The minimum atomic E-state index is -0.509. The number of anilines is 1. The largest absolute Gasteiger partial charge is 0.322 e. The molecule has 4 heterocycles. The predicted molar refractivity (Wildman–Crippen MR) is 127 cm³/mol. The number of hydrogen-bond donors (Lipinski definition) is 1. The summed E-state index contributed by atoms with van der Waals surface area (Å²) in [5, 5.41) is 6.89. The quantitative estimate of drug-likeness (QED) is 0.497. The molecule has 0 saturated heterocycles. The van der Waals surface area contributed by atoms with E-state index in [0.717, 1.165) is 9.75 Å². The number of rotatable bonds is 4. The van der Waals surface area contributed by atoms with Crippen LogP contribution in [0.2, 0.25) is 0 Å². The van der Waals surface area contributed by atoms with Crippen LogP contribution in [0.4, 0.5) is 5.69 Å². The molecule has 1 aliphatic heterocycles. The second-order valence-corrected chi connectivity index (χ2v) is 9.90. The van der Waals surface area contributed by atoms with Gasteiger partial charge < -0.3 is 5.32 Å². The standard InChI is InChI=1S/C23H17N3O2S3/c1-14-19(21(27)25-15-7-3-2-4-8-15)20(17-10-6-12-30-17)26-22(28)18(31-23(26)24-14)13-16-9-5-11-29-16/h2-13,20H,1H3,(H,25,27)/b18-13-/t20-/m1/s1. The van der Waals surface area contributed by atoms with E-state index < -0.39 is 6.04 Å². The summed E-state index contributed by atoms with van der Waals surface area (Å²) in [7, 11) is 0. The normalized spacial score (nSPS) is 16.2. The third-order valence-corrected chi connectivity index (χ3v) is 7.65. The van der Waals surface area contributed by atoms with Gasteiger partial charge in [0.1, 0.15) is 6.04 Å². The van der Waals surface area contributed by atoms with Gasteiger partial charge >= 0.3 is 0 Å². The molecule has 5 rings (SSSR count). The fourth-order valence-electron chi connectivity index (χ4n) is 3.55. The van der Waals surface area contributed by atoms with Crippen LogP contribution in [0.3, 0.4) is 0 Å². The molecule has 0 spiro atoms. The molecule has 1 aliphatic rings. The number of nitrogens with one attached hydrogen (secondary N) is 1. The van der Waals surface area contributed by atoms with Crippen molar-refractivity contribution in [2.75, 3.05) is 5.32 Å². The lowest BCUT2D eigenvalue weighted by atomic mass is 10.0. The maximum Gasteiger partial charge on any atom is 0.271 e. The van der Waals surface area contributed by atoms with Gasteiger partial charge in [-0.3, -0.25) is 14.2 Å². The van der Waals surface area contributed by atoms with E-state index in [4.69, 9.17) is 0 Å². The Morgan fingerprint density at radius 3 is 2.55 bits per heavy atom. The summed E-state index contributed by atoms with van der Waals surface area (Å²) >= 11 is 4.46. The van der Waals surface area contributed by atoms with Gasteiger partial charge in [-0.25, -0.2) is 4.99 Å². The van der Waals surface area contributed by atoms with E-state index in [1.54, 1.807) is 15.9 Å². The first kappa shape index (κ1) is 19.9. The molecule has 0 radical (unpaired) electrons. The highest BCUT2D eigenvalue weighted by molar-refractivity contribution is 7.11. The summed E-state index contributed by atoms with van der Waals surface area (Å²) in [5.74, 6) is -0.251. The van der Waals surface area contributed by atoms with Gasteiger partial charge in [-0.05, 0) is 48.0 Å². The zero-order valence-corrected chi connectivity index (χ0v) is 18.9. The number of carbonyl (C=O) groups is 1. The molecule has 0 fully saturated rings. The zero-order chi connectivity index (χ0) is 21.4. The maximum atomic E-state index is 13.4. The van der Waals surface area contributed by atoms with E-state index in [9.17, 15) is 9.59 Å². The molecule has 0 unspecified atom stereocenters. The Balaban J connectivity index is 1.66. The van der Waals surface area contributed by atoms with Crippen molar-refractivity contribution in [2.24, 2.45) is 4.99 Å². The molecule has 1 N–H and O–H groups in total. The summed E-state index contributed by atoms with van der Waals surface area (Å²) < 4.78 is 2.27. The Hall–Kier alpha value is -3.07. The van der Waals surface area contributed by atoms with Gasteiger partial charge in [0.15, 0.2) is 4.80 Å². The number of nitrogens with zero attached hydrogens (tertiary/aromatic N) is 2. The summed E-state index contributed by atoms with van der Waals surface area (Å²) in [6.07, 6.45) is 1.89. The lowest BCUT2D eigenvalue weighted by molar-refractivity contribution is -0.113. The van der Waals surface area contributed by atoms with Crippen LogP contribution in [0.5, 0.6) is 0 Å². The Labute approximate surface area is 190 Å². The van der Waals surface area contributed by atoms with E-state index in [-0.39, 0.29) is 11.5 Å². The number of fused-ring (bicyclic) bond motifs is 1. The Kier molecular flexibility index (Phi) is 5.27. The SMILES string of the molecule is CC1=C(C(=O)Nc2ccccc2)[C@@H](c2cccs2)n2c(s/c(=C\c3cccs3)c2=O)=N1. The first-order chi connectivity index (χ1) is 15.1. The molecule has 31 heavy (non-hydrogen) atoms. The van der Waals surface area contributed by atoms with Gasteiger partial charge in [0.2, 0.25) is 0 Å². The minimum Gasteiger partial charge on any atom is -0.322 e. The van der Waals surface area contributed by atoms with Crippen LogP contribution in [0.1, 0.15) is 22.7 Å². The van der Waals surface area contributed by atoms with Crippen molar-refractivity contribution in [3.05, 3.63) is 106 Å². The second-order valence-electron chi connectivity index (χ2n) is 6.93. The molecular weight excluding hydrogens is 446 g/mol. The maximum absolute atomic E-state index is 13.4. The fraction of sp³-hybridized carbons (Fsp3) is 0.0870. The molecule has 4 aromatic rings. The van der Waals surface area contributed by atoms with Crippen LogP contribution in [-0.4, -0.2) is 10.5 Å². The van der Waals surface area contributed by atoms with Gasteiger partial charge in [0.05, 0.1) is 15.8 Å². The summed E-state index contributed by atoms with van der Waals surface area (Å²) in [4.78, 5) is 33.9. The average molecular weight is 464 g/mol. The van der Waals surface area contributed by atoms with Crippen LogP contribution in [-0.2, 0) is 4.79 Å². The van der Waals surface area contributed by atoms with Crippen LogP contribution in [0.15, 0.2) is 86.4 Å². The van der Waals surface area contributed by atoms with Crippen molar-refractivity contribution >= 4 is 51.7 Å². The molecular formula is C23H17N3O2S3. The fourth-order valence-corrected chi connectivity index (χ4v) is 6.14. The van der Waals surface area contributed by atoms with Crippen molar-refractivity contribution in [2.45, 2.75) is 13.0 Å². The number of thiazole rings is 1. The monoisotopic (exact) mass is 463 g/mol. The average Bonchev–Trinajstić information content (AvgIpc) is 3.51. The molecule has 0 aliphatic carbocycles. The number of aromatic nitrogens is 1. The molecule has 5 nitrogen and oxygen atoms in total. The number of benzene rings is 1. The molecule has 1 amide bonds. The number of carbonyl (C=O) groups excluding carboxylic acids is 1. The van der Waals surface area contributed by atoms with Gasteiger partial charge in [-0.15, -0.1) is 22.7 Å².